The highest BCUT2D eigenvalue weighted by Crippen LogP contribution is 2.14. The second-order valence-electron chi connectivity index (χ2n) is 4.30. The Labute approximate surface area is 125 Å². The molecule has 20 heavy (non-hydrogen) atoms. The molecule has 4 N–H and O–H groups in total. The number of nitrogen functional groups attached to an aromatic ring is 1. The third-order valence-electron chi connectivity index (χ3n) is 2.49. The Bertz CT molecular complexity index is 588. The lowest BCUT2D eigenvalue weighted by molar-refractivity contribution is 0.939. The minimum atomic E-state index is 0.320. The van der Waals surface area contributed by atoms with Gasteiger partial charge in [-0.15, -0.1) is 0 Å². The summed E-state index contributed by atoms with van der Waals surface area (Å²) in [6.07, 6.45) is 0. The summed E-state index contributed by atoms with van der Waals surface area (Å²) in [7, 11) is 3.71. The van der Waals surface area contributed by atoms with Gasteiger partial charge in [0.25, 0.3) is 0 Å². The van der Waals surface area contributed by atoms with Gasteiger partial charge in [-0.05, 0) is 17.7 Å². The van der Waals surface area contributed by atoms with Crippen molar-refractivity contribution in [2.45, 2.75) is 6.54 Å². The fourth-order valence-corrected chi connectivity index (χ4v) is 1.98. The molecule has 8 heteroatoms. The molecule has 0 bridgehead atoms. The normalized spacial score (nSPS) is 10.2. The lowest BCUT2D eigenvalue weighted by Gasteiger charge is -2.13. The summed E-state index contributed by atoms with van der Waals surface area (Å²) in [5, 5.41) is 3.15. The van der Waals surface area contributed by atoms with Crippen molar-refractivity contribution in [2.24, 2.45) is 5.84 Å². The van der Waals surface area contributed by atoms with Crippen LogP contribution >= 0.6 is 15.9 Å². The molecule has 7 nitrogen and oxygen atoms in total. The van der Waals surface area contributed by atoms with Crippen molar-refractivity contribution >= 4 is 33.8 Å². The van der Waals surface area contributed by atoms with E-state index < -0.39 is 0 Å². The fraction of sp³-hybridized carbons (Fsp3) is 0.250. The van der Waals surface area contributed by atoms with Gasteiger partial charge in [-0.1, -0.05) is 28.1 Å². The number of nitrogens with zero attached hydrogens (tertiary/aromatic N) is 4. The number of benzene rings is 1. The Kier molecular flexibility index (Phi) is 4.70. The lowest BCUT2D eigenvalue weighted by Crippen LogP contribution is -2.19. The minimum absolute atomic E-state index is 0.320. The summed E-state index contributed by atoms with van der Waals surface area (Å²) in [5.41, 5.74) is 3.55. The van der Waals surface area contributed by atoms with Crippen molar-refractivity contribution in [3.8, 4) is 0 Å². The van der Waals surface area contributed by atoms with E-state index in [1.54, 1.807) is 4.90 Å². The van der Waals surface area contributed by atoms with Crippen LogP contribution in [0.5, 0.6) is 0 Å². The maximum atomic E-state index is 5.36. The molecule has 0 aliphatic rings. The number of hydrazine groups is 1. The number of hydrogen-bond acceptors (Lipinski definition) is 7. The minimum Gasteiger partial charge on any atom is -0.350 e. The van der Waals surface area contributed by atoms with Crippen molar-refractivity contribution < 1.29 is 0 Å². The van der Waals surface area contributed by atoms with E-state index in [1.807, 2.05) is 38.4 Å². The maximum Gasteiger partial charge on any atom is 0.243 e. The van der Waals surface area contributed by atoms with Gasteiger partial charge in [-0.25, -0.2) is 5.84 Å². The molecular formula is C12H16BrN7. The molecule has 0 amide bonds. The van der Waals surface area contributed by atoms with Gasteiger partial charge in [0.15, 0.2) is 0 Å². The maximum absolute atomic E-state index is 5.36. The van der Waals surface area contributed by atoms with Gasteiger partial charge in [0.05, 0.1) is 0 Å². The predicted molar refractivity (Wildman–Crippen MR) is 83.4 cm³/mol. The van der Waals surface area contributed by atoms with Gasteiger partial charge in [-0.2, -0.15) is 15.0 Å². The first-order valence-electron chi connectivity index (χ1n) is 5.97. The van der Waals surface area contributed by atoms with E-state index >= 15 is 0 Å². The molecule has 2 rings (SSSR count). The fourth-order valence-electron chi connectivity index (χ4n) is 1.54. The van der Waals surface area contributed by atoms with Crippen LogP contribution in [0.2, 0.25) is 0 Å². The van der Waals surface area contributed by atoms with E-state index in [0.29, 0.717) is 24.4 Å². The molecular weight excluding hydrogens is 322 g/mol. The monoisotopic (exact) mass is 337 g/mol. The van der Waals surface area contributed by atoms with Crippen molar-refractivity contribution in [2.75, 3.05) is 29.7 Å². The highest BCUT2D eigenvalue weighted by Gasteiger charge is 2.07. The Hall–Kier alpha value is -1.93. The SMILES string of the molecule is CN(C)c1nc(NN)nc(NCc2cccc(Br)c2)n1. The zero-order valence-electron chi connectivity index (χ0n) is 11.3. The van der Waals surface area contributed by atoms with Crippen LogP contribution in [0.15, 0.2) is 28.7 Å². The third kappa shape index (κ3) is 3.78. The number of rotatable bonds is 5. The summed E-state index contributed by atoms with van der Waals surface area (Å²) in [6.45, 7) is 0.611. The summed E-state index contributed by atoms with van der Waals surface area (Å²) in [5.74, 6) is 6.68. The Morgan fingerprint density at radius 1 is 1.20 bits per heavy atom. The van der Waals surface area contributed by atoms with E-state index in [-0.39, 0.29) is 0 Å². The summed E-state index contributed by atoms with van der Waals surface area (Å²) < 4.78 is 1.03. The van der Waals surface area contributed by atoms with Crippen LogP contribution in [0.25, 0.3) is 0 Å². The van der Waals surface area contributed by atoms with Gasteiger partial charge in [0, 0.05) is 25.1 Å². The number of aromatic nitrogens is 3. The molecule has 0 aliphatic carbocycles. The quantitative estimate of drug-likeness (QED) is 0.563. The lowest BCUT2D eigenvalue weighted by atomic mass is 10.2. The van der Waals surface area contributed by atoms with Gasteiger partial charge < -0.3 is 10.2 Å². The van der Waals surface area contributed by atoms with E-state index in [9.17, 15) is 0 Å². The molecule has 0 aliphatic heterocycles. The van der Waals surface area contributed by atoms with Crippen molar-refractivity contribution in [3.05, 3.63) is 34.3 Å². The third-order valence-corrected chi connectivity index (χ3v) is 2.99. The Balaban J connectivity index is 2.14. The second kappa shape index (κ2) is 6.49. The average Bonchev–Trinajstić information content (AvgIpc) is 2.45. The van der Waals surface area contributed by atoms with Crippen molar-refractivity contribution in [1.29, 1.82) is 0 Å². The summed E-state index contributed by atoms with van der Waals surface area (Å²) in [6, 6.07) is 8.01. The molecule has 0 atom stereocenters. The summed E-state index contributed by atoms with van der Waals surface area (Å²) >= 11 is 3.44. The molecule has 0 saturated carbocycles. The van der Waals surface area contributed by atoms with Crippen LogP contribution in [0.1, 0.15) is 5.56 Å². The highest BCUT2D eigenvalue weighted by atomic mass is 79.9. The molecule has 1 heterocycles. The molecule has 106 valence electrons. The van der Waals surface area contributed by atoms with Gasteiger partial charge >= 0.3 is 0 Å². The second-order valence-corrected chi connectivity index (χ2v) is 5.22. The number of nitrogens with two attached hydrogens (primary N) is 1. The highest BCUT2D eigenvalue weighted by molar-refractivity contribution is 9.10. The Morgan fingerprint density at radius 2 is 1.95 bits per heavy atom. The molecule has 1 aromatic carbocycles. The first-order chi connectivity index (χ1) is 9.58. The molecule has 0 radical (unpaired) electrons. The van der Waals surface area contributed by atoms with Gasteiger partial charge in [0.1, 0.15) is 0 Å². The van der Waals surface area contributed by atoms with Crippen LogP contribution in [0.3, 0.4) is 0 Å². The smallest absolute Gasteiger partial charge is 0.243 e. The first kappa shape index (κ1) is 14.5. The molecule has 0 saturated heterocycles. The van der Waals surface area contributed by atoms with Crippen LogP contribution in [-0.2, 0) is 6.54 Å². The zero-order valence-corrected chi connectivity index (χ0v) is 12.8. The zero-order chi connectivity index (χ0) is 14.5. The Morgan fingerprint density at radius 3 is 2.60 bits per heavy atom. The largest absolute Gasteiger partial charge is 0.350 e. The van der Waals surface area contributed by atoms with Crippen LogP contribution in [0, 0.1) is 0 Å². The first-order valence-corrected chi connectivity index (χ1v) is 6.76. The standard InChI is InChI=1S/C12H16BrN7/c1-20(2)12-17-10(16-11(18-12)19-14)15-7-8-4-3-5-9(13)6-8/h3-6H,7,14H2,1-2H3,(H2,15,16,17,18,19). The molecule has 0 fully saturated rings. The van der Waals surface area contributed by atoms with Gasteiger partial charge in [0.2, 0.25) is 17.8 Å². The van der Waals surface area contributed by atoms with E-state index in [4.69, 9.17) is 5.84 Å². The molecule has 1 aromatic heterocycles. The molecule has 0 unspecified atom stereocenters. The van der Waals surface area contributed by atoms with Crippen LogP contribution < -0.4 is 21.5 Å². The molecule has 0 spiro atoms. The number of hydrogen-bond donors (Lipinski definition) is 3. The number of anilines is 3. The van der Waals surface area contributed by atoms with E-state index in [2.05, 4.69) is 41.6 Å². The van der Waals surface area contributed by atoms with E-state index in [0.717, 1.165) is 10.0 Å². The number of nitrogens with one attached hydrogen (secondary N) is 2. The average molecular weight is 338 g/mol. The van der Waals surface area contributed by atoms with Crippen molar-refractivity contribution in [1.82, 2.24) is 15.0 Å². The van der Waals surface area contributed by atoms with Crippen molar-refractivity contribution in [3.63, 3.8) is 0 Å². The molecule has 2 aromatic rings. The van der Waals surface area contributed by atoms with Crippen LogP contribution in [0.4, 0.5) is 17.8 Å². The topological polar surface area (TPSA) is 92.0 Å². The van der Waals surface area contributed by atoms with Gasteiger partial charge in [-0.3, -0.25) is 5.43 Å². The summed E-state index contributed by atoms with van der Waals surface area (Å²) in [4.78, 5) is 14.4. The predicted octanol–water partition coefficient (Wildman–Crippen LogP) is 1.60. The number of halogens is 1. The van der Waals surface area contributed by atoms with Crippen LogP contribution in [-0.4, -0.2) is 29.0 Å². The van der Waals surface area contributed by atoms with E-state index in [1.165, 1.54) is 0 Å².